The van der Waals surface area contributed by atoms with Crippen molar-refractivity contribution in [1.29, 1.82) is 0 Å². The highest BCUT2D eigenvalue weighted by atomic mass is 16.5. The molecule has 0 bridgehead atoms. The zero-order chi connectivity index (χ0) is 11.3. The second kappa shape index (κ2) is 6.11. The third-order valence-corrected chi connectivity index (χ3v) is 3.12. The number of hydrogen-bond acceptors (Lipinski definition) is 3. The number of rotatable bonds is 5. The van der Waals surface area contributed by atoms with E-state index in [4.69, 9.17) is 4.74 Å². The Morgan fingerprint density at radius 1 is 1.60 bits per heavy atom. The quantitative estimate of drug-likeness (QED) is 0.709. The second-order valence-corrected chi connectivity index (χ2v) is 4.66. The number of carbonyl (C=O) groups excluding carboxylic acids is 1. The fraction of sp³-hybridized carbons (Fsp3) is 0.917. The third kappa shape index (κ3) is 3.82. The average Bonchev–Trinajstić information content (AvgIpc) is 2.61. The lowest BCUT2D eigenvalue weighted by Gasteiger charge is -2.16. The van der Waals surface area contributed by atoms with Gasteiger partial charge in [0.25, 0.3) is 0 Å². The predicted octanol–water partition coefficient (Wildman–Crippen LogP) is 1.96. The van der Waals surface area contributed by atoms with Gasteiger partial charge in [-0.15, -0.1) is 0 Å². The molecule has 15 heavy (non-hydrogen) atoms. The first-order chi connectivity index (χ1) is 7.15. The molecule has 1 rings (SSSR count). The van der Waals surface area contributed by atoms with Crippen molar-refractivity contribution in [2.24, 2.45) is 11.8 Å². The van der Waals surface area contributed by atoms with Gasteiger partial charge in [-0.2, -0.15) is 0 Å². The molecular weight excluding hydrogens is 190 g/mol. The molecule has 1 aliphatic heterocycles. The molecule has 3 heteroatoms. The second-order valence-electron chi connectivity index (χ2n) is 4.66. The fourth-order valence-corrected chi connectivity index (χ4v) is 2.09. The summed E-state index contributed by atoms with van der Waals surface area (Å²) in [6.45, 7) is 7.85. The first-order valence-corrected chi connectivity index (χ1v) is 6.05. The standard InChI is InChI=1S/C12H23NO2/c1-4-5-9(2)8-15-12(14)11-6-7-13-10(11)3/h9-11,13H,4-8H2,1-3H3. The summed E-state index contributed by atoms with van der Waals surface area (Å²) in [5.41, 5.74) is 0. The number of esters is 1. The van der Waals surface area contributed by atoms with Crippen molar-refractivity contribution < 1.29 is 9.53 Å². The number of carbonyl (C=O) groups is 1. The minimum absolute atomic E-state index is 0.0181. The molecular formula is C12H23NO2. The summed E-state index contributed by atoms with van der Waals surface area (Å²) in [7, 11) is 0. The van der Waals surface area contributed by atoms with Gasteiger partial charge in [0.15, 0.2) is 0 Å². The van der Waals surface area contributed by atoms with Crippen LogP contribution in [-0.4, -0.2) is 25.2 Å². The normalized spacial score (nSPS) is 27.7. The van der Waals surface area contributed by atoms with Crippen molar-refractivity contribution in [1.82, 2.24) is 5.32 Å². The van der Waals surface area contributed by atoms with Gasteiger partial charge in [0.05, 0.1) is 12.5 Å². The molecule has 0 aliphatic carbocycles. The van der Waals surface area contributed by atoms with Gasteiger partial charge in [0.2, 0.25) is 0 Å². The molecule has 3 nitrogen and oxygen atoms in total. The Bertz CT molecular complexity index is 206. The summed E-state index contributed by atoms with van der Waals surface area (Å²) in [6.07, 6.45) is 3.20. The van der Waals surface area contributed by atoms with E-state index in [1.807, 2.05) is 6.92 Å². The first-order valence-electron chi connectivity index (χ1n) is 6.05. The van der Waals surface area contributed by atoms with E-state index >= 15 is 0 Å². The Morgan fingerprint density at radius 3 is 2.87 bits per heavy atom. The van der Waals surface area contributed by atoms with Gasteiger partial charge in [-0.25, -0.2) is 0 Å². The molecule has 0 radical (unpaired) electrons. The maximum absolute atomic E-state index is 11.7. The van der Waals surface area contributed by atoms with Crippen molar-refractivity contribution in [3.8, 4) is 0 Å². The molecule has 0 aromatic rings. The van der Waals surface area contributed by atoms with E-state index in [0.29, 0.717) is 12.5 Å². The third-order valence-electron chi connectivity index (χ3n) is 3.12. The topological polar surface area (TPSA) is 38.3 Å². The molecule has 0 amide bonds. The van der Waals surface area contributed by atoms with Crippen LogP contribution in [0.3, 0.4) is 0 Å². The summed E-state index contributed by atoms with van der Waals surface area (Å²) < 4.78 is 5.33. The van der Waals surface area contributed by atoms with E-state index in [9.17, 15) is 4.79 Å². The molecule has 0 aromatic heterocycles. The van der Waals surface area contributed by atoms with Crippen LogP contribution in [0.15, 0.2) is 0 Å². The number of nitrogens with one attached hydrogen (secondary N) is 1. The van der Waals surface area contributed by atoms with Gasteiger partial charge in [-0.3, -0.25) is 4.79 Å². The maximum Gasteiger partial charge on any atom is 0.310 e. The number of hydrogen-bond donors (Lipinski definition) is 1. The zero-order valence-corrected chi connectivity index (χ0v) is 10.1. The molecule has 3 atom stereocenters. The lowest BCUT2D eigenvalue weighted by atomic mass is 10.0. The van der Waals surface area contributed by atoms with Crippen LogP contribution in [0.4, 0.5) is 0 Å². The summed E-state index contributed by atoms with van der Waals surface area (Å²) in [5.74, 6) is 0.540. The van der Waals surface area contributed by atoms with E-state index in [1.54, 1.807) is 0 Å². The monoisotopic (exact) mass is 213 g/mol. The van der Waals surface area contributed by atoms with Crippen molar-refractivity contribution in [2.75, 3.05) is 13.2 Å². The van der Waals surface area contributed by atoms with Crippen LogP contribution >= 0.6 is 0 Å². The van der Waals surface area contributed by atoms with Crippen LogP contribution < -0.4 is 5.32 Å². The highest BCUT2D eigenvalue weighted by Gasteiger charge is 2.30. The van der Waals surface area contributed by atoms with Gasteiger partial charge < -0.3 is 10.1 Å². The van der Waals surface area contributed by atoms with Gasteiger partial charge in [-0.1, -0.05) is 20.3 Å². The molecule has 0 aromatic carbocycles. The van der Waals surface area contributed by atoms with E-state index in [2.05, 4.69) is 19.2 Å². The van der Waals surface area contributed by atoms with Gasteiger partial charge in [0, 0.05) is 6.04 Å². The molecule has 0 saturated carbocycles. The Labute approximate surface area is 92.6 Å². The van der Waals surface area contributed by atoms with E-state index in [1.165, 1.54) is 0 Å². The predicted molar refractivity (Wildman–Crippen MR) is 60.6 cm³/mol. The van der Waals surface area contributed by atoms with Crippen LogP contribution in [0.2, 0.25) is 0 Å². The molecule has 1 aliphatic rings. The van der Waals surface area contributed by atoms with Crippen LogP contribution in [0.5, 0.6) is 0 Å². The van der Waals surface area contributed by atoms with Crippen molar-refractivity contribution in [2.45, 2.75) is 46.1 Å². The largest absolute Gasteiger partial charge is 0.465 e. The van der Waals surface area contributed by atoms with Crippen LogP contribution in [-0.2, 0) is 9.53 Å². The van der Waals surface area contributed by atoms with Gasteiger partial charge >= 0.3 is 5.97 Å². The Hall–Kier alpha value is -0.570. The van der Waals surface area contributed by atoms with E-state index < -0.39 is 0 Å². The molecule has 0 spiro atoms. The van der Waals surface area contributed by atoms with Crippen molar-refractivity contribution in [3.05, 3.63) is 0 Å². The van der Waals surface area contributed by atoms with Gasteiger partial charge in [0.1, 0.15) is 0 Å². The Kier molecular flexibility index (Phi) is 5.09. The summed E-state index contributed by atoms with van der Waals surface area (Å²) in [5, 5.41) is 3.26. The smallest absolute Gasteiger partial charge is 0.310 e. The molecule has 1 saturated heterocycles. The average molecular weight is 213 g/mol. The molecule has 88 valence electrons. The summed E-state index contributed by atoms with van der Waals surface area (Å²) >= 11 is 0. The Morgan fingerprint density at radius 2 is 2.33 bits per heavy atom. The molecule has 1 N–H and O–H groups in total. The van der Waals surface area contributed by atoms with Crippen molar-refractivity contribution in [3.63, 3.8) is 0 Å². The molecule has 1 fully saturated rings. The minimum atomic E-state index is -0.0181. The zero-order valence-electron chi connectivity index (χ0n) is 10.1. The summed E-state index contributed by atoms with van der Waals surface area (Å²) in [4.78, 5) is 11.7. The van der Waals surface area contributed by atoms with Crippen LogP contribution in [0.1, 0.15) is 40.0 Å². The number of ether oxygens (including phenoxy) is 1. The van der Waals surface area contributed by atoms with Gasteiger partial charge in [-0.05, 0) is 32.2 Å². The SMILES string of the molecule is CCCC(C)COC(=O)C1CCNC1C. The lowest BCUT2D eigenvalue weighted by molar-refractivity contribution is -0.150. The Balaban J connectivity index is 2.23. The summed E-state index contributed by atoms with van der Waals surface area (Å²) in [6, 6.07) is 0.277. The van der Waals surface area contributed by atoms with Crippen LogP contribution in [0.25, 0.3) is 0 Å². The highest BCUT2D eigenvalue weighted by Crippen LogP contribution is 2.17. The minimum Gasteiger partial charge on any atom is -0.465 e. The fourth-order valence-electron chi connectivity index (χ4n) is 2.09. The van der Waals surface area contributed by atoms with E-state index in [0.717, 1.165) is 25.8 Å². The van der Waals surface area contributed by atoms with Crippen molar-refractivity contribution >= 4 is 5.97 Å². The maximum atomic E-state index is 11.7. The highest BCUT2D eigenvalue weighted by molar-refractivity contribution is 5.73. The molecule has 3 unspecified atom stereocenters. The molecule has 1 heterocycles. The van der Waals surface area contributed by atoms with E-state index in [-0.39, 0.29) is 17.9 Å². The lowest BCUT2D eigenvalue weighted by Crippen LogP contribution is -2.30. The van der Waals surface area contributed by atoms with Crippen LogP contribution in [0, 0.1) is 11.8 Å². The first kappa shape index (κ1) is 12.5.